The van der Waals surface area contributed by atoms with Crippen molar-refractivity contribution in [2.75, 3.05) is 0 Å². The molecule has 0 aliphatic heterocycles. The number of fused-ring (bicyclic) bond motifs is 1. The maximum absolute atomic E-state index is 10.6. The van der Waals surface area contributed by atoms with Crippen molar-refractivity contribution >= 4 is 11.6 Å². The monoisotopic (exact) mass is 273 g/mol. The molecule has 0 fully saturated rings. The highest BCUT2D eigenvalue weighted by molar-refractivity contribution is 6.30. The quantitative estimate of drug-likeness (QED) is 0.903. The van der Waals surface area contributed by atoms with Gasteiger partial charge < -0.3 is 5.11 Å². The van der Waals surface area contributed by atoms with Gasteiger partial charge in [0.1, 0.15) is 0 Å². The average Bonchev–Trinajstić information content (AvgIpc) is 2.80. The van der Waals surface area contributed by atoms with Gasteiger partial charge in [-0.15, -0.1) is 0 Å². The molecule has 0 saturated carbocycles. The minimum Gasteiger partial charge on any atom is -0.388 e. The second kappa shape index (κ2) is 4.95. The maximum Gasteiger partial charge on any atom is 0.0874 e. The first-order valence-corrected chi connectivity index (χ1v) is 6.92. The zero-order valence-electron chi connectivity index (χ0n) is 10.8. The molecule has 2 nitrogen and oxygen atoms in total. The third-order valence-electron chi connectivity index (χ3n) is 3.79. The first kappa shape index (κ1) is 12.6. The normalized spacial score (nSPS) is 19.2. The number of halogens is 1. The molecule has 0 bridgehead atoms. The lowest BCUT2D eigenvalue weighted by molar-refractivity contribution is 0.143. The first-order valence-electron chi connectivity index (χ1n) is 6.54. The van der Waals surface area contributed by atoms with E-state index in [4.69, 9.17) is 11.6 Å². The fourth-order valence-corrected chi connectivity index (χ4v) is 3.22. The summed E-state index contributed by atoms with van der Waals surface area (Å²) in [6.07, 6.45) is 3.20. The number of benzene rings is 1. The molecule has 2 unspecified atom stereocenters. The van der Waals surface area contributed by atoms with Crippen molar-refractivity contribution in [1.82, 2.24) is 4.98 Å². The number of aromatic nitrogens is 1. The lowest BCUT2D eigenvalue weighted by Gasteiger charge is -2.19. The summed E-state index contributed by atoms with van der Waals surface area (Å²) in [5, 5.41) is 11.3. The van der Waals surface area contributed by atoms with Crippen molar-refractivity contribution in [1.29, 1.82) is 0 Å². The third-order valence-corrected chi connectivity index (χ3v) is 4.01. The number of hydrogen-bond acceptors (Lipinski definition) is 2. The van der Waals surface area contributed by atoms with Crippen LogP contribution in [0.4, 0.5) is 0 Å². The highest BCUT2D eigenvalue weighted by Gasteiger charge is 2.30. The molecule has 2 aromatic rings. The fourth-order valence-electron chi connectivity index (χ4n) is 2.92. The van der Waals surface area contributed by atoms with Crippen LogP contribution < -0.4 is 0 Å². The van der Waals surface area contributed by atoms with Gasteiger partial charge >= 0.3 is 0 Å². The number of pyridine rings is 1. The Morgan fingerprint density at radius 1 is 1.37 bits per heavy atom. The van der Waals surface area contributed by atoms with Gasteiger partial charge in [0.2, 0.25) is 0 Å². The largest absolute Gasteiger partial charge is 0.388 e. The summed E-state index contributed by atoms with van der Waals surface area (Å²) in [6.45, 7) is 1.99. The summed E-state index contributed by atoms with van der Waals surface area (Å²) < 4.78 is 0. The zero-order valence-corrected chi connectivity index (χ0v) is 11.6. The van der Waals surface area contributed by atoms with E-state index in [2.05, 4.69) is 11.1 Å². The van der Waals surface area contributed by atoms with Gasteiger partial charge in [0.15, 0.2) is 0 Å². The SMILES string of the molecule is Cc1cc(Cl)cc(C(O)C2CCc3cccnc32)c1. The van der Waals surface area contributed by atoms with Crippen LogP contribution in [0, 0.1) is 6.92 Å². The van der Waals surface area contributed by atoms with Crippen LogP contribution in [0.5, 0.6) is 0 Å². The Bertz CT molecular complexity index is 591. The van der Waals surface area contributed by atoms with Crippen LogP contribution in [-0.4, -0.2) is 10.1 Å². The molecule has 0 amide bonds. The number of nitrogens with zero attached hydrogens (tertiary/aromatic N) is 1. The molecule has 1 heterocycles. The minimum absolute atomic E-state index is 0.0778. The van der Waals surface area contributed by atoms with Crippen molar-refractivity contribution in [3.63, 3.8) is 0 Å². The molecule has 1 aromatic carbocycles. The fraction of sp³-hybridized carbons (Fsp3) is 0.312. The van der Waals surface area contributed by atoms with Crippen LogP contribution in [0.15, 0.2) is 36.5 Å². The van der Waals surface area contributed by atoms with Gasteiger partial charge in [-0.2, -0.15) is 0 Å². The van der Waals surface area contributed by atoms with Crippen molar-refractivity contribution in [2.24, 2.45) is 0 Å². The van der Waals surface area contributed by atoms with Crippen LogP contribution in [0.1, 0.15) is 40.8 Å². The van der Waals surface area contributed by atoms with Crippen LogP contribution >= 0.6 is 11.6 Å². The summed E-state index contributed by atoms with van der Waals surface area (Å²) in [4.78, 5) is 4.44. The molecule has 3 heteroatoms. The van der Waals surface area contributed by atoms with Gasteiger partial charge in [-0.1, -0.05) is 23.7 Å². The topological polar surface area (TPSA) is 33.1 Å². The van der Waals surface area contributed by atoms with Gasteiger partial charge in [0.25, 0.3) is 0 Å². The molecule has 1 aliphatic carbocycles. The van der Waals surface area contributed by atoms with Gasteiger partial charge in [0.05, 0.1) is 6.10 Å². The first-order chi connectivity index (χ1) is 9.15. The van der Waals surface area contributed by atoms with Crippen LogP contribution in [0.3, 0.4) is 0 Å². The van der Waals surface area contributed by atoms with Gasteiger partial charge in [-0.25, -0.2) is 0 Å². The highest BCUT2D eigenvalue weighted by Crippen LogP contribution is 2.40. The van der Waals surface area contributed by atoms with E-state index in [1.54, 1.807) is 6.20 Å². The summed E-state index contributed by atoms with van der Waals surface area (Å²) in [6, 6.07) is 9.80. The van der Waals surface area contributed by atoms with Crippen LogP contribution in [-0.2, 0) is 6.42 Å². The molecular weight excluding hydrogens is 258 g/mol. The van der Waals surface area contributed by atoms with Crippen LogP contribution in [0.25, 0.3) is 0 Å². The molecule has 1 aromatic heterocycles. The molecule has 19 heavy (non-hydrogen) atoms. The number of aryl methyl sites for hydroxylation is 2. The van der Waals surface area contributed by atoms with E-state index in [0.29, 0.717) is 5.02 Å². The second-order valence-corrected chi connectivity index (χ2v) is 5.64. The Morgan fingerprint density at radius 3 is 3.00 bits per heavy atom. The van der Waals surface area contributed by atoms with Crippen LogP contribution in [0.2, 0.25) is 5.02 Å². The lowest BCUT2D eigenvalue weighted by Crippen LogP contribution is -2.09. The van der Waals surface area contributed by atoms with E-state index in [-0.39, 0.29) is 5.92 Å². The number of aliphatic hydroxyl groups is 1. The molecule has 0 saturated heterocycles. The molecule has 2 atom stereocenters. The number of hydrogen-bond donors (Lipinski definition) is 1. The number of rotatable bonds is 2. The molecule has 0 spiro atoms. The summed E-state index contributed by atoms with van der Waals surface area (Å²) in [5.41, 5.74) is 4.24. The van der Waals surface area contributed by atoms with Crippen molar-refractivity contribution in [2.45, 2.75) is 31.8 Å². The standard InChI is InChI=1S/C16H16ClNO/c1-10-7-12(9-13(17)8-10)16(19)14-5-4-11-3-2-6-18-15(11)14/h2-3,6-9,14,16,19H,4-5H2,1H3. The Morgan fingerprint density at radius 2 is 2.21 bits per heavy atom. The van der Waals surface area contributed by atoms with E-state index in [0.717, 1.165) is 29.7 Å². The lowest BCUT2D eigenvalue weighted by atomic mass is 9.92. The van der Waals surface area contributed by atoms with Crippen molar-refractivity contribution in [3.8, 4) is 0 Å². The van der Waals surface area contributed by atoms with E-state index in [1.165, 1.54) is 5.56 Å². The second-order valence-electron chi connectivity index (χ2n) is 5.20. The van der Waals surface area contributed by atoms with Gasteiger partial charge in [-0.3, -0.25) is 4.98 Å². The smallest absolute Gasteiger partial charge is 0.0874 e. The summed E-state index contributed by atoms with van der Waals surface area (Å²) in [5.74, 6) is 0.0778. The Labute approximate surface area is 118 Å². The molecule has 1 N–H and O–H groups in total. The highest BCUT2D eigenvalue weighted by atomic mass is 35.5. The number of aliphatic hydroxyl groups excluding tert-OH is 1. The van der Waals surface area contributed by atoms with Crippen molar-refractivity contribution < 1.29 is 5.11 Å². The van der Waals surface area contributed by atoms with E-state index in [9.17, 15) is 5.11 Å². The Kier molecular flexibility index (Phi) is 3.29. The summed E-state index contributed by atoms with van der Waals surface area (Å²) in [7, 11) is 0. The van der Waals surface area contributed by atoms with E-state index >= 15 is 0 Å². The van der Waals surface area contributed by atoms with E-state index in [1.807, 2.05) is 31.2 Å². The minimum atomic E-state index is -0.534. The Balaban J connectivity index is 1.95. The van der Waals surface area contributed by atoms with Crippen molar-refractivity contribution in [3.05, 3.63) is 63.9 Å². The maximum atomic E-state index is 10.6. The van der Waals surface area contributed by atoms with Gasteiger partial charge in [-0.05, 0) is 54.7 Å². The molecule has 98 valence electrons. The zero-order chi connectivity index (χ0) is 13.4. The molecule has 3 rings (SSSR count). The summed E-state index contributed by atoms with van der Waals surface area (Å²) >= 11 is 6.07. The third kappa shape index (κ3) is 2.38. The molecule has 1 aliphatic rings. The predicted molar refractivity (Wildman–Crippen MR) is 76.4 cm³/mol. The van der Waals surface area contributed by atoms with Gasteiger partial charge in [0, 0.05) is 22.8 Å². The molecule has 0 radical (unpaired) electrons. The average molecular weight is 274 g/mol. The van der Waals surface area contributed by atoms with E-state index < -0.39 is 6.10 Å². The predicted octanol–water partition coefficient (Wildman–Crippen LogP) is 3.81. The Hall–Kier alpha value is -1.38. The molecular formula is C16H16ClNO.